The largest absolute Gasteiger partial charge is 0.573 e. The van der Waals surface area contributed by atoms with Gasteiger partial charge in [0, 0.05) is 65.7 Å². The Hall–Kier alpha value is -6.24. The summed E-state index contributed by atoms with van der Waals surface area (Å²) in [5.41, 5.74) is 3.32. The molecule has 3 heterocycles. The second-order valence-corrected chi connectivity index (χ2v) is 17.6. The molecule has 0 aliphatic rings. The van der Waals surface area contributed by atoms with Gasteiger partial charge in [-0.2, -0.15) is 4.31 Å². The van der Waals surface area contributed by atoms with Crippen LogP contribution in [0.2, 0.25) is 0 Å². The molecule has 0 aliphatic carbocycles. The van der Waals surface area contributed by atoms with Crippen molar-refractivity contribution in [1.29, 1.82) is 0 Å². The van der Waals surface area contributed by atoms with E-state index in [1.54, 1.807) is 31.2 Å². The first-order valence-electron chi connectivity index (χ1n) is 18.1. The number of hydrogen-bond acceptors (Lipinski definition) is 10. The normalized spacial score (nSPS) is 12.8. The number of hydrogen-bond donors (Lipinski definition) is 1. The van der Waals surface area contributed by atoms with E-state index in [2.05, 4.69) is 14.7 Å². The highest BCUT2D eigenvalue weighted by Crippen LogP contribution is 2.44. The van der Waals surface area contributed by atoms with Gasteiger partial charge in [0.05, 0.1) is 43.7 Å². The van der Waals surface area contributed by atoms with Crippen LogP contribution in [-0.4, -0.2) is 70.5 Å². The fraction of sp³-hybridized carbons (Fsp3) is 0.214. The molecule has 0 saturated heterocycles. The topological polar surface area (TPSA) is 151 Å². The summed E-state index contributed by atoms with van der Waals surface area (Å²) in [6.45, 7) is 1.19. The van der Waals surface area contributed by atoms with Gasteiger partial charge in [-0.1, -0.05) is 23.8 Å². The van der Waals surface area contributed by atoms with Crippen molar-refractivity contribution >= 4 is 41.8 Å². The molecule has 1 N–H and O–H groups in total. The number of nitrogens with zero attached hydrogens (tertiary/aromatic N) is 3. The number of alkyl halides is 3. The molecule has 1 atom stereocenters. The second-order valence-electron chi connectivity index (χ2n) is 13.7. The van der Waals surface area contributed by atoms with Crippen LogP contribution >= 0.6 is 0 Å². The minimum absolute atomic E-state index is 0.0376. The quantitative estimate of drug-likeness (QED) is 0.113. The lowest BCUT2D eigenvalue weighted by Crippen LogP contribution is -2.39. The van der Waals surface area contributed by atoms with Gasteiger partial charge in [0.2, 0.25) is 10.0 Å². The number of nitrogens with one attached hydrogen (secondary N) is 1. The number of sulfonamides is 1. The van der Waals surface area contributed by atoms with Gasteiger partial charge in [-0.15, -0.1) is 13.2 Å². The van der Waals surface area contributed by atoms with Crippen molar-refractivity contribution in [3.05, 3.63) is 120 Å². The lowest BCUT2D eigenvalue weighted by atomic mass is 10.1. The van der Waals surface area contributed by atoms with E-state index in [0.717, 1.165) is 45.0 Å². The zero-order valence-electron chi connectivity index (χ0n) is 33.1. The van der Waals surface area contributed by atoms with Crippen molar-refractivity contribution in [3.63, 3.8) is 0 Å². The van der Waals surface area contributed by atoms with Crippen LogP contribution in [0, 0.1) is 6.92 Å². The molecular weight excluding hydrogens is 826 g/mol. The summed E-state index contributed by atoms with van der Waals surface area (Å²) in [5.74, 6) is 0.883. The maximum Gasteiger partial charge on any atom is 0.573 e. The maximum atomic E-state index is 15.3. The van der Waals surface area contributed by atoms with Crippen LogP contribution in [0.15, 0.2) is 113 Å². The molecule has 0 bridgehead atoms. The van der Waals surface area contributed by atoms with Crippen molar-refractivity contribution in [1.82, 2.24) is 18.8 Å². The van der Waals surface area contributed by atoms with Crippen molar-refractivity contribution in [2.75, 3.05) is 28.4 Å². The first kappa shape index (κ1) is 41.9. The second kappa shape index (κ2) is 16.1. The summed E-state index contributed by atoms with van der Waals surface area (Å²) in [7, 11) is -1.93. The van der Waals surface area contributed by atoms with E-state index in [9.17, 15) is 13.2 Å². The number of sulfone groups is 1. The number of aromatic nitrogens is 3. The standard InChI is InChI=1S/C42H39F3N4O9S2/c1-25-7-13-29(14-8-25)59(50,51)41(31-17-18-46-40-33(31)20-35(47-40)34-24-48(2)36-22-39(57-6)38(56-5)21-32(34)36)49(23-26-9-10-28(54-3)19-37(26)55-4)60(52,53)30-15-11-27(12-16-30)58-42(43,44)45/h7-22,24,41H,23H2,1-6H3,(H,46,47). The van der Waals surface area contributed by atoms with E-state index in [0.29, 0.717) is 28.5 Å². The van der Waals surface area contributed by atoms with Crippen LogP contribution in [0.3, 0.4) is 0 Å². The Kier molecular flexibility index (Phi) is 11.2. The SMILES string of the molecule is COc1ccc(CN(C(c2ccnc3[nH]c(-c4cn(C)c5cc(OC)c(OC)cc45)cc23)S(=O)(=O)c2ccc(C)cc2)S(=O)(=O)c2ccc(OC(F)(F)F)cc2)c(OC)c1. The molecule has 7 aromatic rings. The van der Waals surface area contributed by atoms with Crippen molar-refractivity contribution in [3.8, 4) is 40.0 Å². The van der Waals surface area contributed by atoms with Gasteiger partial charge in [0.25, 0.3) is 0 Å². The van der Waals surface area contributed by atoms with Crippen molar-refractivity contribution < 1.29 is 53.7 Å². The van der Waals surface area contributed by atoms with Crippen LogP contribution in [0.5, 0.6) is 28.7 Å². The molecule has 0 spiro atoms. The molecule has 0 amide bonds. The number of methoxy groups -OCH3 is 4. The number of halogens is 3. The zero-order valence-corrected chi connectivity index (χ0v) is 34.7. The van der Waals surface area contributed by atoms with Gasteiger partial charge in [-0.25, -0.2) is 21.8 Å². The molecule has 1 unspecified atom stereocenters. The number of fused-ring (bicyclic) bond motifs is 2. The van der Waals surface area contributed by atoms with Gasteiger partial charge in [0.15, 0.2) is 26.7 Å². The lowest BCUT2D eigenvalue weighted by molar-refractivity contribution is -0.274. The Balaban J connectivity index is 1.49. The highest BCUT2D eigenvalue weighted by atomic mass is 32.2. The number of aryl methyl sites for hydroxylation is 2. The average molecular weight is 865 g/mol. The van der Waals surface area contributed by atoms with Gasteiger partial charge in [0.1, 0.15) is 22.9 Å². The fourth-order valence-electron chi connectivity index (χ4n) is 7.06. The summed E-state index contributed by atoms with van der Waals surface area (Å²) in [6.07, 6.45) is -1.81. The number of H-pyrrole nitrogens is 1. The molecule has 0 aliphatic heterocycles. The Morgan fingerprint density at radius 1 is 0.750 bits per heavy atom. The van der Waals surface area contributed by atoms with E-state index in [4.69, 9.17) is 18.9 Å². The summed E-state index contributed by atoms with van der Waals surface area (Å²) in [4.78, 5) is 7.12. The van der Waals surface area contributed by atoms with Crippen LogP contribution in [0.1, 0.15) is 22.1 Å². The smallest absolute Gasteiger partial charge is 0.497 e. The van der Waals surface area contributed by atoms with Crippen molar-refractivity contribution in [2.45, 2.75) is 35.0 Å². The summed E-state index contributed by atoms with van der Waals surface area (Å²) >= 11 is 0. The van der Waals surface area contributed by atoms with Gasteiger partial charge in [-0.3, -0.25) is 0 Å². The number of benzene rings is 4. The van der Waals surface area contributed by atoms with E-state index in [1.165, 1.54) is 65.0 Å². The number of aromatic amines is 1. The molecule has 0 fully saturated rings. The van der Waals surface area contributed by atoms with Crippen LogP contribution in [-0.2, 0) is 33.5 Å². The monoisotopic (exact) mass is 864 g/mol. The number of ether oxygens (including phenoxy) is 5. The zero-order chi connectivity index (χ0) is 43.1. The molecule has 0 saturated carbocycles. The first-order chi connectivity index (χ1) is 28.5. The summed E-state index contributed by atoms with van der Waals surface area (Å²) < 4.78 is 129. The highest BCUT2D eigenvalue weighted by molar-refractivity contribution is 7.94. The third kappa shape index (κ3) is 7.92. The highest BCUT2D eigenvalue weighted by Gasteiger charge is 2.43. The fourth-order valence-corrected chi connectivity index (χ4v) is 10.9. The Bertz CT molecular complexity index is 2930. The third-order valence-electron chi connectivity index (χ3n) is 10.0. The molecule has 0 radical (unpaired) electrons. The lowest BCUT2D eigenvalue weighted by Gasteiger charge is -2.32. The predicted octanol–water partition coefficient (Wildman–Crippen LogP) is 8.33. The number of rotatable bonds is 14. The minimum atomic E-state index is -5.04. The average Bonchev–Trinajstić information content (AvgIpc) is 3.80. The van der Waals surface area contributed by atoms with E-state index in [1.807, 2.05) is 29.9 Å². The summed E-state index contributed by atoms with van der Waals surface area (Å²) in [6, 6.07) is 20.9. The van der Waals surface area contributed by atoms with E-state index in [-0.39, 0.29) is 32.8 Å². The first-order valence-corrected chi connectivity index (χ1v) is 21.1. The van der Waals surface area contributed by atoms with E-state index < -0.39 is 48.8 Å². The Labute approximate surface area is 343 Å². The molecule has 7 rings (SSSR count). The molecule has 18 heteroatoms. The van der Waals surface area contributed by atoms with Gasteiger partial charge < -0.3 is 33.2 Å². The Morgan fingerprint density at radius 3 is 2.02 bits per heavy atom. The molecule has 4 aromatic carbocycles. The van der Waals surface area contributed by atoms with Gasteiger partial charge in [-0.05, 0) is 73.2 Å². The Morgan fingerprint density at radius 2 is 1.38 bits per heavy atom. The van der Waals surface area contributed by atoms with Crippen molar-refractivity contribution in [2.24, 2.45) is 7.05 Å². The molecule has 13 nitrogen and oxygen atoms in total. The summed E-state index contributed by atoms with van der Waals surface area (Å²) in [5, 5.41) is -0.948. The van der Waals surface area contributed by atoms with E-state index >= 15 is 16.8 Å². The minimum Gasteiger partial charge on any atom is -0.497 e. The van der Waals surface area contributed by atoms with Crippen LogP contribution in [0.4, 0.5) is 13.2 Å². The van der Waals surface area contributed by atoms with Crippen LogP contribution < -0.4 is 23.7 Å². The van der Waals surface area contributed by atoms with Gasteiger partial charge >= 0.3 is 6.36 Å². The maximum absolute atomic E-state index is 15.3. The number of pyridine rings is 1. The molecule has 3 aromatic heterocycles. The van der Waals surface area contributed by atoms with Crippen LogP contribution in [0.25, 0.3) is 33.2 Å². The molecule has 60 heavy (non-hydrogen) atoms. The molecule has 314 valence electrons. The predicted molar refractivity (Wildman–Crippen MR) is 218 cm³/mol. The molecular formula is C42H39F3N4O9S2. The third-order valence-corrected chi connectivity index (χ3v) is 14.0.